The smallest absolute Gasteiger partial charge is 0.262 e. The Balaban J connectivity index is 2.79. The Bertz CT molecular complexity index is 432. The molecule has 0 aliphatic heterocycles. The number of nitrogens with one attached hydrogen (secondary N) is 1. The van der Waals surface area contributed by atoms with Crippen molar-refractivity contribution in [2.75, 3.05) is 0 Å². The van der Waals surface area contributed by atoms with Crippen LogP contribution in [0.4, 0.5) is 0 Å². The van der Waals surface area contributed by atoms with Crippen LogP contribution in [0.1, 0.15) is 24.2 Å². The maximum atomic E-state index is 12.1. The van der Waals surface area contributed by atoms with E-state index in [9.17, 15) is 4.79 Å². The highest BCUT2D eigenvalue weighted by atomic mass is 79.9. The van der Waals surface area contributed by atoms with Crippen molar-refractivity contribution >= 4 is 56.6 Å². The zero-order valence-corrected chi connectivity index (χ0v) is 14.3. The van der Waals surface area contributed by atoms with Crippen molar-refractivity contribution in [3.8, 4) is 0 Å². The minimum atomic E-state index is -1.57. The predicted octanol–water partition coefficient (Wildman–Crippen LogP) is 2.85. The van der Waals surface area contributed by atoms with Crippen LogP contribution in [0, 0.1) is 0 Å². The van der Waals surface area contributed by atoms with E-state index in [1.54, 1.807) is 29.6 Å². The highest BCUT2D eigenvalue weighted by Crippen LogP contribution is 2.27. The van der Waals surface area contributed by atoms with E-state index in [1.165, 1.54) is 0 Å². The van der Waals surface area contributed by atoms with Crippen molar-refractivity contribution in [2.45, 2.75) is 29.8 Å². The Morgan fingerprint density at radius 1 is 1.26 bits per heavy atom. The molecule has 1 rings (SSSR count). The summed E-state index contributed by atoms with van der Waals surface area (Å²) in [6.07, 6.45) is -0.645. The van der Waals surface area contributed by atoms with Crippen LogP contribution in [0.2, 0.25) is 0 Å². The van der Waals surface area contributed by atoms with Crippen LogP contribution in [0.15, 0.2) is 28.7 Å². The molecule has 0 aliphatic carbocycles. The van der Waals surface area contributed by atoms with Gasteiger partial charge in [-0.2, -0.15) is 0 Å². The molecule has 0 spiro atoms. The number of hydrogen-bond acceptors (Lipinski definition) is 1. The normalized spacial score (nSPS) is 13.4. The van der Waals surface area contributed by atoms with E-state index in [0.29, 0.717) is 5.56 Å². The highest BCUT2D eigenvalue weighted by Gasteiger charge is 2.38. The number of carbonyl (C=O) groups is 1. The van der Waals surface area contributed by atoms with Crippen molar-refractivity contribution in [1.29, 1.82) is 0 Å². The molecule has 0 unspecified atom stereocenters. The van der Waals surface area contributed by atoms with Crippen LogP contribution in [-0.4, -0.2) is 21.9 Å². The molecule has 7 heteroatoms. The molecule has 0 heterocycles. The fourth-order valence-electron chi connectivity index (χ4n) is 1.45. The number of carbonyl (C=O) groups excluding carboxylic acids is 1. The van der Waals surface area contributed by atoms with E-state index in [4.69, 9.17) is 34.8 Å². The van der Waals surface area contributed by atoms with Gasteiger partial charge in [0.25, 0.3) is 9.70 Å². The van der Waals surface area contributed by atoms with Crippen LogP contribution >= 0.6 is 50.7 Å². The fraction of sp³-hybridized carbons (Fsp3) is 0.417. The Kier molecular flexibility index (Phi) is 6.40. The molecule has 19 heavy (non-hydrogen) atoms. The van der Waals surface area contributed by atoms with Crippen molar-refractivity contribution in [2.24, 2.45) is 0 Å². The van der Waals surface area contributed by atoms with Crippen molar-refractivity contribution in [1.82, 2.24) is 5.32 Å². The molecule has 1 aromatic rings. The molecule has 1 aromatic carbocycles. The van der Waals surface area contributed by atoms with Gasteiger partial charge in [0.1, 0.15) is 0 Å². The third-order valence-electron chi connectivity index (χ3n) is 2.32. The molecule has 3 nitrogen and oxygen atoms in total. The lowest BCUT2D eigenvalue weighted by Gasteiger charge is -2.25. The molecule has 0 aromatic heterocycles. The zero-order valence-electron chi connectivity index (χ0n) is 10.5. The lowest BCUT2D eigenvalue weighted by molar-refractivity contribution is -0.717. The van der Waals surface area contributed by atoms with E-state index in [-0.39, 0.29) is 11.9 Å². The standard InChI is InChI=1S/C12H14BrCl3N2O/c1-7(2)17-11(12(14,15)16)18-10(19)8-3-5-9(13)6-4-8/h3-7,11,17H,1-2H3,(H,18,19)/p+1/t11-/m1/s1. The summed E-state index contributed by atoms with van der Waals surface area (Å²) in [6, 6.07) is 7.15. The number of alkyl halides is 3. The summed E-state index contributed by atoms with van der Waals surface area (Å²) < 4.78 is -0.675. The number of amides is 1. The van der Waals surface area contributed by atoms with Crippen molar-refractivity contribution in [3.05, 3.63) is 34.3 Å². The van der Waals surface area contributed by atoms with Gasteiger partial charge in [0.15, 0.2) is 0 Å². The molecule has 0 fully saturated rings. The number of quaternary nitrogens is 1. The summed E-state index contributed by atoms with van der Waals surface area (Å²) >= 11 is 20.9. The van der Waals surface area contributed by atoms with E-state index in [1.807, 2.05) is 13.8 Å². The third kappa shape index (κ3) is 5.88. The van der Waals surface area contributed by atoms with E-state index >= 15 is 0 Å². The second-order valence-corrected chi connectivity index (χ2v) is 7.72. The summed E-state index contributed by atoms with van der Waals surface area (Å²) in [7, 11) is 0. The molecule has 3 N–H and O–H groups in total. The molecule has 106 valence electrons. The maximum absolute atomic E-state index is 12.1. The third-order valence-corrected chi connectivity index (χ3v) is 3.56. The first-order valence-corrected chi connectivity index (χ1v) is 7.61. The molecule has 1 amide bonds. The summed E-state index contributed by atoms with van der Waals surface area (Å²) in [5, 5.41) is 4.51. The van der Waals surface area contributed by atoms with Gasteiger partial charge >= 0.3 is 0 Å². The summed E-state index contributed by atoms with van der Waals surface area (Å²) in [5.41, 5.74) is 0.514. The zero-order chi connectivity index (χ0) is 14.6. The average molecular weight is 390 g/mol. The second kappa shape index (κ2) is 7.14. The molecular formula is C12H15BrCl3N2O+. The van der Waals surface area contributed by atoms with Crippen molar-refractivity contribution in [3.63, 3.8) is 0 Å². The summed E-state index contributed by atoms with van der Waals surface area (Å²) in [6.45, 7) is 3.91. The first-order chi connectivity index (χ1) is 8.70. The quantitative estimate of drug-likeness (QED) is 0.604. The van der Waals surface area contributed by atoms with Crippen molar-refractivity contribution < 1.29 is 10.1 Å². The predicted molar refractivity (Wildman–Crippen MR) is 82.7 cm³/mol. The van der Waals surface area contributed by atoms with E-state index in [2.05, 4.69) is 21.2 Å². The van der Waals surface area contributed by atoms with Crippen LogP contribution in [-0.2, 0) is 0 Å². The van der Waals surface area contributed by atoms with Crippen LogP contribution in [0.5, 0.6) is 0 Å². The Morgan fingerprint density at radius 2 is 1.79 bits per heavy atom. The maximum Gasteiger partial charge on any atom is 0.262 e. The number of nitrogens with two attached hydrogens (primary N) is 1. The van der Waals surface area contributed by atoms with Gasteiger partial charge in [-0.15, -0.1) is 0 Å². The molecule has 0 saturated carbocycles. The topological polar surface area (TPSA) is 45.7 Å². The van der Waals surface area contributed by atoms with Crippen LogP contribution in [0.3, 0.4) is 0 Å². The Labute approximate surface area is 136 Å². The monoisotopic (exact) mass is 387 g/mol. The molecule has 0 saturated heterocycles. The van der Waals surface area contributed by atoms with Gasteiger partial charge in [0.05, 0.1) is 6.04 Å². The minimum Gasteiger partial charge on any atom is -0.321 e. The number of benzene rings is 1. The van der Waals surface area contributed by atoms with Gasteiger partial charge in [-0.1, -0.05) is 50.7 Å². The number of rotatable bonds is 4. The molecule has 1 atom stereocenters. The number of halogens is 4. The average Bonchev–Trinajstić information content (AvgIpc) is 2.27. The van der Waals surface area contributed by atoms with Crippen LogP contribution in [0.25, 0.3) is 0 Å². The molecule has 0 bridgehead atoms. The largest absolute Gasteiger partial charge is 0.321 e. The lowest BCUT2D eigenvalue weighted by Crippen LogP contribution is -2.99. The first-order valence-electron chi connectivity index (χ1n) is 5.68. The summed E-state index contributed by atoms with van der Waals surface area (Å²) in [4.78, 5) is 12.1. The molecule has 0 radical (unpaired) electrons. The van der Waals surface area contributed by atoms with Gasteiger partial charge in [-0.05, 0) is 38.1 Å². The lowest BCUT2D eigenvalue weighted by atomic mass is 10.2. The highest BCUT2D eigenvalue weighted by molar-refractivity contribution is 9.10. The summed E-state index contributed by atoms with van der Waals surface area (Å²) in [5.74, 6) is -0.277. The van der Waals surface area contributed by atoms with E-state index < -0.39 is 9.96 Å². The van der Waals surface area contributed by atoms with Gasteiger partial charge in [0, 0.05) is 10.0 Å². The molecule has 0 aliphatic rings. The minimum absolute atomic E-state index is 0.186. The number of hydrogen-bond donors (Lipinski definition) is 2. The first kappa shape index (κ1) is 17.1. The molecular weight excluding hydrogens is 374 g/mol. The van der Waals surface area contributed by atoms with E-state index in [0.717, 1.165) is 4.47 Å². The Hall–Kier alpha value is -0.000000000000000111. The van der Waals surface area contributed by atoms with Gasteiger partial charge in [0.2, 0.25) is 6.17 Å². The Morgan fingerprint density at radius 3 is 2.21 bits per heavy atom. The van der Waals surface area contributed by atoms with Gasteiger partial charge < -0.3 is 5.32 Å². The second-order valence-electron chi connectivity index (χ2n) is 4.44. The van der Waals surface area contributed by atoms with Crippen LogP contribution < -0.4 is 10.6 Å². The van der Waals surface area contributed by atoms with Gasteiger partial charge in [-0.25, -0.2) is 0 Å². The SMILES string of the molecule is CC(C)[NH2+][C@H](NC(=O)c1ccc(Br)cc1)C(Cl)(Cl)Cl. The van der Waals surface area contributed by atoms with Gasteiger partial charge in [-0.3, -0.25) is 10.1 Å². The fourth-order valence-corrected chi connectivity index (χ4v) is 2.10.